The lowest BCUT2D eigenvalue weighted by molar-refractivity contribution is 0.102. The fraction of sp³-hybridized carbons (Fsp3) is 0. The molecule has 1 N–H and O–H groups in total. The Hall–Kier alpha value is -3.77. The number of nitrogens with one attached hydrogen (secondary N) is 1. The number of aromatic nitrogens is 3. The number of rotatable bonds is 5. The molecule has 0 fully saturated rings. The van der Waals surface area contributed by atoms with E-state index in [1.807, 2.05) is 18.2 Å². The summed E-state index contributed by atoms with van der Waals surface area (Å²) < 4.78 is 1.54. The minimum absolute atomic E-state index is 0.0964. The second-order valence-electron chi connectivity index (χ2n) is 6.23. The van der Waals surface area contributed by atoms with Gasteiger partial charge in [0, 0.05) is 21.7 Å². The van der Waals surface area contributed by atoms with Gasteiger partial charge in [0.05, 0.1) is 11.4 Å². The van der Waals surface area contributed by atoms with Crippen molar-refractivity contribution in [3.8, 4) is 5.69 Å². The molecular weight excluding hydrogens is 388 g/mol. The van der Waals surface area contributed by atoms with E-state index in [0.717, 1.165) is 0 Å². The molecule has 0 aliphatic rings. The Morgan fingerprint density at radius 3 is 2.24 bits per heavy atom. The van der Waals surface area contributed by atoms with Gasteiger partial charge in [-0.3, -0.25) is 9.59 Å². The molecular formula is C22H15ClN4O2. The number of amides is 1. The lowest BCUT2D eigenvalue weighted by Crippen LogP contribution is -2.14. The molecule has 7 heteroatoms. The summed E-state index contributed by atoms with van der Waals surface area (Å²) in [5.41, 5.74) is 2.66. The average Bonchev–Trinajstić information content (AvgIpc) is 3.29. The van der Waals surface area contributed by atoms with Gasteiger partial charge in [-0.1, -0.05) is 54.1 Å². The van der Waals surface area contributed by atoms with E-state index in [9.17, 15) is 9.59 Å². The van der Waals surface area contributed by atoms with Crippen LogP contribution in [0.15, 0.2) is 85.5 Å². The van der Waals surface area contributed by atoms with Crippen molar-refractivity contribution < 1.29 is 9.59 Å². The van der Waals surface area contributed by atoms with Crippen LogP contribution in [0, 0.1) is 0 Å². The van der Waals surface area contributed by atoms with Crippen LogP contribution in [0.4, 0.5) is 5.69 Å². The van der Waals surface area contributed by atoms with Crippen LogP contribution in [0.3, 0.4) is 0 Å². The predicted octanol–water partition coefficient (Wildman–Crippen LogP) is 4.40. The zero-order valence-corrected chi connectivity index (χ0v) is 15.9. The molecule has 1 aromatic heterocycles. The molecule has 0 saturated heterocycles. The van der Waals surface area contributed by atoms with Crippen molar-refractivity contribution >= 4 is 29.0 Å². The molecule has 1 amide bonds. The van der Waals surface area contributed by atoms with Crippen LogP contribution in [0.2, 0.25) is 5.02 Å². The smallest absolute Gasteiger partial charge is 0.255 e. The first-order valence-corrected chi connectivity index (χ1v) is 9.15. The Kier molecular flexibility index (Phi) is 5.18. The summed E-state index contributed by atoms with van der Waals surface area (Å²) in [5.74, 6) is -0.423. The lowest BCUT2D eigenvalue weighted by atomic mass is 10.0. The van der Waals surface area contributed by atoms with Crippen LogP contribution in [0.25, 0.3) is 5.69 Å². The maximum atomic E-state index is 12.7. The normalized spacial score (nSPS) is 10.5. The largest absolute Gasteiger partial charge is 0.320 e. The number of carbonyl (C=O) groups is 2. The first-order valence-electron chi connectivity index (χ1n) is 8.77. The van der Waals surface area contributed by atoms with Crippen molar-refractivity contribution in [1.82, 2.24) is 14.8 Å². The highest BCUT2D eigenvalue weighted by Gasteiger charge is 2.13. The quantitative estimate of drug-likeness (QED) is 0.502. The number of nitrogens with zero attached hydrogens (tertiary/aromatic N) is 3. The van der Waals surface area contributed by atoms with Gasteiger partial charge in [-0.25, -0.2) is 9.67 Å². The number of carbonyl (C=O) groups excluding carboxylic acids is 2. The average molecular weight is 403 g/mol. The topological polar surface area (TPSA) is 76.9 Å². The van der Waals surface area contributed by atoms with E-state index in [1.165, 1.54) is 17.3 Å². The van der Waals surface area contributed by atoms with Crippen molar-refractivity contribution in [3.63, 3.8) is 0 Å². The van der Waals surface area contributed by atoms with Crippen LogP contribution in [-0.2, 0) is 0 Å². The highest BCUT2D eigenvalue weighted by molar-refractivity contribution is 6.31. The zero-order valence-electron chi connectivity index (χ0n) is 15.1. The Labute approximate surface area is 171 Å². The van der Waals surface area contributed by atoms with Gasteiger partial charge in [0.2, 0.25) is 0 Å². The molecule has 4 aromatic rings. The summed E-state index contributed by atoms with van der Waals surface area (Å²) in [6.45, 7) is 0. The molecule has 0 aliphatic carbocycles. The molecule has 0 aliphatic heterocycles. The number of benzene rings is 3. The second kappa shape index (κ2) is 8.08. The molecule has 0 saturated carbocycles. The minimum Gasteiger partial charge on any atom is -0.320 e. The first kappa shape index (κ1) is 18.6. The number of hydrogen-bond acceptors (Lipinski definition) is 4. The predicted molar refractivity (Wildman–Crippen MR) is 111 cm³/mol. The molecule has 0 unspecified atom stereocenters. The molecule has 0 radical (unpaired) electrons. The van der Waals surface area contributed by atoms with Crippen molar-refractivity contribution in [3.05, 3.63) is 107 Å². The number of ketones is 1. The number of hydrogen-bond donors (Lipinski definition) is 1. The number of anilines is 1. The SMILES string of the molecule is O=C(Nc1cc(Cl)ccc1-n1cncn1)c1ccc(C(=O)c2ccccc2)cc1. The van der Waals surface area contributed by atoms with Crippen molar-refractivity contribution in [1.29, 1.82) is 0 Å². The monoisotopic (exact) mass is 402 g/mol. The summed E-state index contributed by atoms with van der Waals surface area (Å²) >= 11 is 6.09. The molecule has 6 nitrogen and oxygen atoms in total. The van der Waals surface area contributed by atoms with Gasteiger partial charge in [-0.15, -0.1) is 0 Å². The second-order valence-corrected chi connectivity index (χ2v) is 6.66. The van der Waals surface area contributed by atoms with Crippen LogP contribution in [-0.4, -0.2) is 26.5 Å². The summed E-state index contributed by atoms with van der Waals surface area (Å²) in [6.07, 6.45) is 2.94. The molecule has 4 rings (SSSR count). The zero-order chi connectivity index (χ0) is 20.2. The van der Waals surface area contributed by atoms with E-state index >= 15 is 0 Å². The molecule has 0 atom stereocenters. The number of halogens is 1. The molecule has 29 heavy (non-hydrogen) atoms. The van der Waals surface area contributed by atoms with Gasteiger partial charge in [0.1, 0.15) is 12.7 Å². The van der Waals surface area contributed by atoms with E-state index in [2.05, 4.69) is 15.4 Å². The van der Waals surface area contributed by atoms with E-state index in [1.54, 1.807) is 54.6 Å². The minimum atomic E-state index is -0.327. The van der Waals surface area contributed by atoms with Gasteiger partial charge < -0.3 is 5.32 Å². The summed E-state index contributed by atoms with van der Waals surface area (Å²) in [6, 6.07) is 20.6. The van der Waals surface area contributed by atoms with Crippen molar-refractivity contribution in [2.45, 2.75) is 0 Å². The van der Waals surface area contributed by atoms with Crippen LogP contribution >= 0.6 is 11.6 Å². The standard InChI is InChI=1S/C22H15ClN4O2/c23-18-10-11-20(27-14-24-13-25-27)19(12-18)26-22(29)17-8-6-16(7-9-17)21(28)15-4-2-1-3-5-15/h1-14H,(H,26,29). The Morgan fingerprint density at radius 1 is 0.862 bits per heavy atom. The molecule has 142 valence electrons. The summed E-state index contributed by atoms with van der Waals surface area (Å²) in [7, 11) is 0. The van der Waals surface area contributed by atoms with Crippen LogP contribution < -0.4 is 5.32 Å². The Bertz CT molecular complexity index is 1160. The van der Waals surface area contributed by atoms with Gasteiger partial charge in [-0.2, -0.15) is 5.10 Å². The summed E-state index contributed by atoms with van der Waals surface area (Å²) in [4.78, 5) is 29.1. The van der Waals surface area contributed by atoms with Crippen molar-refractivity contribution in [2.24, 2.45) is 0 Å². The third-order valence-corrected chi connectivity index (χ3v) is 4.55. The third-order valence-electron chi connectivity index (χ3n) is 4.32. The fourth-order valence-electron chi connectivity index (χ4n) is 2.86. The van der Waals surface area contributed by atoms with Crippen LogP contribution in [0.1, 0.15) is 26.3 Å². The van der Waals surface area contributed by atoms with Crippen LogP contribution in [0.5, 0.6) is 0 Å². The van der Waals surface area contributed by atoms with Gasteiger partial charge in [-0.05, 0) is 30.3 Å². The molecule has 3 aromatic carbocycles. The lowest BCUT2D eigenvalue weighted by Gasteiger charge is -2.11. The van der Waals surface area contributed by atoms with E-state index in [4.69, 9.17) is 11.6 Å². The fourth-order valence-corrected chi connectivity index (χ4v) is 3.04. The molecule has 0 spiro atoms. The third kappa shape index (κ3) is 4.07. The highest BCUT2D eigenvalue weighted by Crippen LogP contribution is 2.24. The molecule has 0 bridgehead atoms. The van der Waals surface area contributed by atoms with Gasteiger partial charge in [0.15, 0.2) is 5.78 Å². The van der Waals surface area contributed by atoms with E-state index < -0.39 is 0 Å². The van der Waals surface area contributed by atoms with Gasteiger partial charge in [0.25, 0.3) is 5.91 Å². The summed E-state index contributed by atoms with van der Waals surface area (Å²) in [5, 5.41) is 7.41. The molecule has 1 heterocycles. The first-order chi connectivity index (χ1) is 14.1. The Balaban J connectivity index is 1.56. The van der Waals surface area contributed by atoms with Gasteiger partial charge >= 0.3 is 0 Å². The highest BCUT2D eigenvalue weighted by atomic mass is 35.5. The maximum Gasteiger partial charge on any atom is 0.255 e. The maximum absolute atomic E-state index is 12.7. The van der Waals surface area contributed by atoms with E-state index in [0.29, 0.717) is 33.1 Å². The van der Waals surface area contributed by atoms with Crippen molar-refractivity contribution in [2.75, 3.05) is 5.32 Å². The Morgan fingerprint density at radius 2 is 1.55 bits per heavy atom. The van der Waals surface area contributed by atoms with E-state index in [-0.39, 0.29) is 11.7 Å².